The van der Waals surface area contributed by atoms with Gasteiger partial charge in [0.25, 0.3) is 0 Å². The summed E-state index contributed by atoms with van der Waals surface area (Å²) >= 11 is 0. The Morgan fingerprint density at radius 3 is 2.33 bits per heavy atom. The molecule has 2 aliphatic rings. The van der Waals surface area contributed by atoms with Gasteiger partial charge in [-0.1, -0.05) is 127 Å². The van der Waals surface area contributed by atoms with E-state index in [1.54, 1.807) is 0 Å². The van der Waals surface area contributed by atoms with Crippen molar-refractivity contribution in [2.24, 2.45) is 5.41 Å². The van der Waals surface area contributed by atoms with Gasteiger partial charge in [-0.3, -0.25) is 9.59 Å². The first-order valence-corrected chi connectivity index (χ1v) is 17.6. The lowest BCUT2D eigenvalue weighted by Gasteiger charge is -2.21. The SMILES string of the molecule is CC(C)(C)CC(=O)CCCCc1cc(CC(=O)C2CCCCc3ccc(-c4cccc(C(C)(C)C)c4)cc32)cc(C2=CC=CC2)c1. The van der Waals surface area contributed by atoms with E-state index in [4.69, 9.17) is 0 Å². The summed E-state index contributed by atoms with van der Waals surface area (Å²) in [5, 5.41) is 0. The number of carbonyl (C=O) groups is 2. The monoisotopic (exact) mass is 614 g/mol. The van der Waals surface area contributed by atoms with Crippen LogP contribution in [0.1, 0.15) is 132 Å². The van der Waals surface area contributed by atoms with Gasteiger partial charge in [-0.2, -0.15) is 0 Å². The number of carbonyl (C=O) groups excluding carboxylic acids is 2. The maximum absolute atomic E-state index is 14.2. The van der Waals surface area contributed by atoms with E-state index in [1.165, 1.54) is 44.5 Å². The number of ketones is 2. The molecule has 3 aromatic carbocycles. The molecule has 0 radical (unpaired) electrons. The van der Waals surface area contributed by atoms with Crippen LogP contribution in [0.15, 0.2) is 78.9 Å². The zero-order valence-corrected chi connectivity index (χ0v) is 29.2. The molecule has 0 aliphatic heterocycles. The smallest absolute Gasteiger partial charge is 0.144 e. The summed E-state index contributed by atoms with van der Waals surface area (Å²) in [6.45, 7) is 13.2. The summed E-state index contributed by atoms with van der Waals surface area (Å²) in [4.78, 5) is 26.7. The Labute approximate surface area is 278 Å². The first kappa shape index (κ1) is 33.8. The van der Waals surface area contributed by atoms with Crippen molar-refractivity contribution in [1.29, 1.82) is 0 Å². The van der Waals surface area contributed by atoms with Gasteiger partial charge in [0, 0.05) is 25.2 Å². The number of rotatable bonds is 11. The first-order valence-electron chi connectivity index (χ1n) is 17.6. The van der Waals surface area contributed by atoms with E-state index in [0.717, 1.165) is 56.9 Å². The molecule has 2 nitrogen and oxygen atoms in total. The molecule has 0 saturated carbocycles. The van der Waals surface area contributed by atoms with Gasteiger partial charge in [0.2, 0.25) is 0 Å². The molecule has 0 N–H and O–H groups in total. The molecule has 0 heterocycles. The van der Waals surface area contributed by atoms with Gasteiger partial charge in [-0.05, 0) is 106 Å². The highest BCUT2D eigenvalue weighted by atomic mass is 16.1. The second kappa shape index (κ2) is 14.5. The summed E-state index contributed by atoms with van der Waals surface area (Å²) in [6, 6.07) is 22.6. The molecule has 0 saturated heterocycles. The quantitative estimate of drug-likeness (QED) is 0.159. The Balaban J connectivity index is 1.36. The van der Waals surface area contributed by atoms with Crippen LogP contribution in [-0.4, -0.2) is 11.6 Å². The highest BCUT2D eigenvalue weighted by molar-refractivity contribution is 5.89. The molecule has 3 aromatic rings. The minimum Gasteiger partial charge on any atom is -0.300 e. The van der Waals surface area contributed by atoms with E-state index < -0.39 is 0 Å². The standard InChI is InChI=1S/C44H54O2/c1-43(2,3)30-39(45)20-11-7-14-31-24-32(26-37(25-31)33-15-8-9-16-33)27-42(46)40-21-12-10-17-34-22-23-36(29-41(34)40)35-18-13-19-38(28-35)44(4,5)6/h8-9,13,15,18-19,22-26,28-29,40H,7,10-12,14,16-17,20-21,27,30H2,1-6H3. The van der Waals surface area contributed by atoms with Crippen molar-refractivity contribution in [2.75, 3.05) is 0 Å². The van der Waals surface area contributed by atoms with Crippen molar-refractivity contribution in [3.05, 3.63) is 112 Å². The maximum Gasteiger partial charge on any atom is 0.144 e. The minimum atomic E-state index is -0.0726. The third-order valence-corrected chi connectivity index (χ3v) is 9.63. The predicted molar refractivity (Wildman–Crippen MR) is 194 cm³/mol. The number of allylic oxidation sites excluding steroid dienone is 4. The lowest BCUT2D eigenvalue weighted by molar-refractivity contribution is -0.121. The number of unbranched alkanes of at least 4 members (excludes halogenated alkanes) is 1. The van der Waals surface area contributed by atoms with E-state index in [9.17, 15) is 9.59 Å². The van der Waals surface area contributed by atoms with Crippen molar-refractivity contribution in [2.45, 2.75) is 124 Å². The van der Waals surface area contributed by atoms with E-state index in [1.807, 2.05) is 0 Å². The Morgan fingerprint density at radius 1 is 0.804 bits per heavy atom. The minimum absolute atomic E-state index is 0.0483. The average Bonchev–Trinajstić information content (AvgIpc) is 3.45. The van der Waals surface area contributed by atoms with Crippen LogP contribution in [0.4, 0.5) is 0 Å². The van der Waals surface area contributed by atoms with Crippen LogP contribution in [0, 0.1) is 5.41 Å². The second-order valence-electron chi connectivity index (χ2n) is 16.0. The topological polar surface area (TPSA) is 34.1 Å². The number of hydrogen-bond acceptors (Lipinski definition) is 2. The largest absolute Gasteiger partial charge is 0.300 e. The third-order valence-electron chi connectivity index (χ3n) is 9.63. The molecular formula is C44H54O2. The van der Waals surface area contributed by atoms with Crippen molar-refractivity contribution < 1.29 is 9.59 Å². The molecule has 0 aromatic heterocycles. The number of benzene rings is 3. The number of Topliss-reactive ketones (excluding diaryl/α,β-unsaturated/α-hetero) is 2. The van der Waals surface area contributed by atoms with E-state index in [-0.39, 0.29) is 16.7 Å². The highest BCUT2D eigenvalue weighted by Crippen LogP contribution is 2.37. The fourth-order valence-corrected chi connectivity index (χ4v) is 7.16. The summed E-state index contributed by atoms with van der Waals surface area (Å²) < 4.78 is 0. The van der Waals surface area contributed by atoms with Crippen LogP contribution < -0.4 is 0 Å². The van der Waals surface area contributed by atoms with Crippen LogP contribution in [-0.2, 0) is 34.3 Å². The highest BCUT2D eigenvalue weighted by Gasteiger charge is 2.26. The third kappa shape index (κ3) is 9.05. The molecule has 2 aliphatic carbocycles. The first-order chi connectivity index (χ1) is 21.9. The molecule has 5 rings (SSSR count). The van der Waals surface area contributed by atoms with Gasteiger partial charge in [-0.25, -0.2) is 0 Å². The summed E-state index contributed by atoms with van der Waals surface area (Å²) in [6.07, 6.45) is 16.2. The number of aryl methyl sites for hydroxylation is 2. The molecule has 0 spiro atoms. The molecule has 46 heavy (non-hydrogen) atoms. The van der Waals surface area contributed by atoms with E-state index in [2.05, 4.69) is 120 Å². The van der Waals surface area contributed by atoms with Crippen LogP contribution >= 0.6 is 0 Å². The molecular weight excluding hydrogens is 560 g/mol. The number of fused-ring (bicyclic) bond motifs is 1. The molecule has 2 heteroatoms. The van der Waals surface area contributed by atoms with E-state index >= 15 is 0 Å². The van der Waals surface area contributed by atoms with Gasteiger partial charge >= 0.3 is 0 Å². The van der Waals surface area contributed by atoms with Crippen LogP contribution in [0.5, 0.6) is 0 Å². The zero-order chi connectivity index (χ0) is 32.9. The van der Waals surface area contributed by atoms with Crippen molar-refractivity contribution in [3.8, 4) is 11.1 Å². The van der Waals surface area contributed by atoms with Gasteiger partial charge in [0.15, 0.2) is 0 Å². The van der Waals surface area contributed by atoms with Gasteiger partial charge in [0.05, 0.1) is 0 Å². The molecule has 0 amide bonds. The maximum atomic E-state index is 14.2. The summed E-state index contributed by atoms with van der Waals surface area (Å²) in [5.74, 6) is 0.623. The lowest BCUT2D eigenvalue weighted by Crippen LogP contribution is -2.16. The zero-order valence-electron chi connectivity index (χ0n) is 29.2. The van der Waals surface area contributed by atoms with Crippen molar-refractivity contribution >= 4 is 17.1 Å². The van der Waals surface area contributed by atoms with Gasteiger partial charge in [0.1, 0.15) is 11.6 Å². The molecule has 0 bridgehead atoms. The van der Waals surface area contributed by atoms with Crippen molar-refractivity contribution in [3.63, 3.8) is 0 Å². The van der Waals surface area contributed by atoms with Crippen LogP contribution in [0.25, 0.3) is 16.7 Å². The Kier molecular flexibility index (Phi) is 10.7. The normalized spacial score (nSPS) is 16.6. The lowest BCUT2D eigenvalue weighted by atomic mass is 9.83. The van der Waals surface area contributed by atoms with Crippen LogP contribution in [0.2, 0.25) is 0 Å². The van der Waals surface area contributed by atoms with Crippen LogP contribution in [0.3, 0.4) is 0 Å². The molecule has 1 unspecified atom stereocenters. The Bertz CT molecular complexity index is 1620. The number of hydrogen-bond donors (Lipinski definition) is 0. The molecule has 0 fully saturated rings. The Hall–Kier alpha value is -3.52. The fraction of sp³-hybridized carbons (Fsp3) is 0.455. The van der Waals surface area contributed by atoms with Gasteiger partial charge < -0.3 is 0 Å². The summed E-state index contributed by atoms with van der Waals surface area (Å²) in [7, 11) is 0. The Morgan fingerprint density at radius 2 is 1.59 bits per heavy atom. The summed E-state index contributed by atoms with van der Waals surface area (Å²) in [5.41, 5.74) is 11.4. The molecule has 1 atom stereocenters. The average molecular weight is 615 g/mol. The predicted octanol–water partition coefficient (Wildman–Crippen LogP) is 11.3. The van der Waals surface area contributed by atoms with E-state index in [0.29, 0.717) is 30.8 Å². The fourth-order valence-electron chi connectivity index (χ4n) is 7.16. The molecule has 242 valence electrons. The van der Waals surface area contributed by atoms with Crippen molar-refractivity contribution in [1.82, 2.24) is 0 Å². The second-order valence-corrected chi connectivity index (χ2v) is 16.0. The van der Waals surface area contributed by atoms with Gasteiger partial charge in [-0.15, -0.1) is 0 Å².